The molecule has 1 aromatic heterocycles. The Labute approximate surface area is 158 Å². The summed E-state index contributed by atoms with van der Waals surface area (Å²) in [5.41, 5.74) is 5.69. The molecule has 0 saturated heterocycles. The normalized spacial score (nSPS) is 13.0. The number of rotatable bonds is 7. The van der Waals surface area contributed by atoms with E-state index in [0.717, 1.165) is 6.42 Å². The Kier molecular flexibility index (Phi) is 7.29. The number of hydrogen-bond donors (Lipinski definition) is 2. The maximum Gasteiger partial charge on any atom is 0.294 e. The van der Waals surface area contributed by atoms with Crippen LogP contribution in [0.4, 0.5) is 5.69 Å². The van der Waals surface area contributed by atoms with Gasteiger partial charge in [-0.3, -0.25) is 14.9 Å². The zero-order valence-electron chi connectivity index (χ0n) is 15.0. The molecule has 2 rings (SSSR count). The van der Waals surface area contributed by atoms with Crippen molar-refractivity contribution in [2.75, 3.05) is 6.54 Å². The maximum absolute atomic E-state index is 12.5. The Morgan fingerprint density at radius 1 is 1.38 bits per heavy atom. The van der Waals surface area contributed by atoms with Crippen molar-refractivity contribution in [3.05, 3.63) is 52.3 Å². The van der Waals surface area contributed by atoms with E-state index in [4.69, 9.17) is 5.73 Å². The third kappa shape index (κ3) is 5.03. The predicted octanol–water partition coefficient (Wildman–Crippen LogP) is 2.70. The summed E-state index contributed by atoms with van der Waals surface area (Å²) in [6.45, 7) is 6.32. The van der Waals surface area contributed by atoms with Crippen LogP contribution < -0.4 is 11.1 Å². The van der Waals surface area contributed by atoms with E-state index in [1.807, 2.05) is 6.92 Å². The van der Waals surface area contributed by atoms with Crippen LogP contribution in [0.5, 0.6) is 0 Å². The summed E-state index contributed by atoms with van der Waals surface area (Å²) in [4.78, 5) is 23.1. The predicted molar refractivity (Wildman–Crippen MR) is 102 cm³/mol. The molecule has 0 saturated carbocycles. The van der Waals surface area contributed by atoms with E-state index < -0.39 is 10.5 Å². The van der Waals surface area contributed by atoms with E-state index in [-0.39, 0.29) is 29.7 Å². The summed E-state index contributed by atoms with van der Waals surface area (Å²) >= 11 is 0. The Balaban J connectivity index is 0.00000338. The zero-order chi connectivity index (χ0) is 18.6. The molecule has 1 aromatic carbocycles. The average Bonchev–Trinajstić information content (AvgIpc) is 3.04. The molecule has 3 N–H and O–H groups in total. The fraction of sp³-hybridized carbons (Fsp3) is 0.412. The van der Waals surface area contributed by atoms with Crippen molar-refractivity contribution in [1.82, 2.24) is 15.1 Å². The minimum absolute atomic E-state index is 0. The average molecular weight is 382 g/mol. The zero-order valence-corrected chi connectivity index (χ0v) is 15.8. The number of para-hydroxylation sites is 2. The number of nitro benzene ring substituents is 1. The minimum atomic E-state index is -0.534. The molecule has 9 heteroatoms. The van der Waals surface area contributed by atoms with E-state index in [0.29, 0.717) is 18.2 Å². The van der Waals surface area contributed by atoms with Crippen LogP contribution in [0.25, 0.3) is 5.69 Å². The Morgan fingerprint density at radius 3 is 2.62 bits per heavy atom. The van der Waals surface area contributed by atoms with Crippen molar-refractivity contribution < 1.29 is 9.72 Å². The number of carbonyl (C=O) groups is 1. The number of hydrogen-bond acceptors (Lipinski definition) is 5. The lowest BCUT2D eigenvalue weighted by molar-refractivity contribution is -0.384. The van der Waals surface area contributed by atoms with Crippen molar-refractivity contribution in [1.29, 1.82) is 0 Å². The van der Waals surface area contributed by atoms with Gasteiger partial charge in [-0.05, 0) is 31.4 Å². The van der Waals surface area contributed by atoms with Crippen molar-refractivity contribution in [2.24, 2.45) is 11.7 Å². The van der Waals surface area contributed by atoms with E-state index >= 15 is 0 Å². The Bertz CT molecular complexity index is 777. The third-order valence-electron chi connectivity index (χ3n) is 3.87. The second-order valence-corrected chi connectivity index (χ2v) is 6.71. The summed E-state index contributed by atoms with van der Waals surface area (Å²) in [6, 6.07) is 7.76. The molecule has 142 valence electrons. The first kappa shape index (κ1) is 21.6. The van der Waals surface area contributed by atoms with Crippen LogP contribution in [0.15, 0.2) is 36.5 Å². The molecule has 0 radical (unpaired) electrons. The maximum atomic E-state index is 12.5. The number of nitro groups is 1. The van der Waals surface area contributed by atoms with Crippen LogP contribution in [-0.2, 0) is 0 Å². The third-order valence-corrected chi connectivity index (χ3v) is 3.87. The number of carbonyl (C=O) groups excluding carboxylic acids is 1. The van der Waals surface area contributed by atoms with Crippen molar-refractivity contribution >= 4 is 24.0 Å². The molecule has 0 fully saturated rings. The van der Waals surface area contributed by atoms with Crippen molar-refractivity contribution in [2.45, 2.75) is 32.7 Å². The van der Waals surface area contributed by atoms with Gasteiger partial charge in [0.25, 0.3) is 11.6 Å². The molecule has 0 aliphatic carbocycles. The van der Waals surface area contributed by atoms with Crippen molar-refractivity contribution in [3.8, 4) is 5.69 Å². The topological polar surface area (TPSA) is 116 Å². The fourth-order valence-electron chi connectivity index (χ4n) is 2.82. The lowest BCUT2D eigenvalue weighted by atomic mass is 9.90. The summed E-state index contributed by atoms with van der Waals surface area (Å²) in [6.07, 6.45) is 2.26. The van der Waals surface area contributed by atoms with Crippen LogP contribution in [-0.4, -0.2) is 32.7 Å². The number of halogens is 1. The quantitative estimate of drug-likeness (QED) is 0.565. The molecule has 1 unspecified atom stereocenters. The summed E-state index contributed by atoms with van der Waals surface area (Å²) in [5.74, 6) is 0.0179. The highest BCUT2D eigenvalue weighted by Gasteiger charge is 2.27. The van der Waals surface area contributed by atoms with E-state index in [2.05, 4.69) is 24.3 Å². The van der Waals surface area contributed by atoms with E-state index in [1.54, 1.807) is 18.2 Å². The van der Waals surface area contributed by atoms with Gasteiger partial charge < -0.3 is 11.1 Å². The molecule has 1 atom stereocenters. The molecular formula is C17H24ClN5O3. The standard InChI is InChI=1S/C17H23N5O3.ClH/c1-12(2)10-17(3,11-18)19-16(23)13-8-9-21(20-13)14-6-4-5-7-15(14)22(24)25;/h4-9,12H,10-11,18H2,1-3H3,(H,19,23);1H. The minimum Gasteiger partial charge on any atom is -0.344 e. The summed E-state index contributed by atoms with van der Waals surface area (Å²) < 4.78 is 1.33. The second kappa shape index (κ2) is 8.77. The molecule has 0 aliphatic heterocycles. The molecule has 26 heavy (non-hydrogen) atoms. The lowest BCUT2D eigenvalue weighted by Crippen LogP contribution is -2.52. The highest BCUT2D eigenvalue weighted by Crippen LogP contribution is 2.22. The smallest absolute Gasteiger partial charge is 0.294 e. The van der Waals surface area contributed by atoms with Gasteiger partial charge in [-0.25, -0.2) is 4.68 Å². The van der Waals surface area contributed by atoms with Crippen LogP contribution in [0.2, 0.25) is 0 Å². The largest absolute Gasteiger partial charge is 0.344 e. The summed E-state index contributed by atoms with van der Waals surface area (Å²) in [5, 5.41) is 18.2. The van der Waals surface area contributed by atoms with Gasteiger partial charge in [0.05, 0.1) is 10.5 Å². The molecule has 1 amide bonds. The van der Waals surface area contributed by atoms with Crippen LogP contribution in [0.3, 0.4) is 0 Å². The molecule has 0 aliphatic rings. The van der Waals surface area contributed by atoms with Gasteiger partial charge in [0.15, 0.2) is 5.69 Å². The highest BCUT2D eigenvalue weighted by molar-refractivity contribution is 5.92. The molecule has 2 aromatic rings. The number of benzene rings is 1. The van der Waals surface area contributed by atoms with Crippen LogP contribution in [0.1, 0.15) is 37.7 Å². The van der Waals surface area contributed by atoms with Gasteiger partial charge in [0.2, 0.25) is 0 Å². The van der Waals surface area contributed by atoms with Gasteiger partial charge >= 0.3 is 0 Å². The van der Waals surface area contributed by atoms with Gasteiger partial charge in [0.1, 0.15) is 5.69 Å². The first-order chi connectivity index (χ1) is 11.8. The number of nitrogens with one attached hydrogen (secondary N) is 1. The van der Waals surface area contributed by atoms with E-state index in [9.17, 15) is 14.9 Å². The van der Waals surface area contributed by atoms with E-state index in [1.165, 1.54) is 23.0 Å². The number of aromatic nitrogens is 2. The van der Waals surface area contributed by atoms with Gasteiger partial charge in [0, 0.05) is 18.8 Å². The van der Waals surface area contributed by atoms with Gasteiger partial charge in [-0.1, -0.05) is 26.0 Å². The second-order valence-electron chi connectivity index (χ2n) is 6.71. The van der Waals surface area contributed by atoms with Gasteiger partial charge in [-0.2, -0.15) is 5.10 Å². The molecule has 0 spiro atoms. The number of amides is 1. The van der Waals surface area contributed by atoms with Gasteiger partial charge in [-0.15, -0.1) is 12.4 Å². The first-order valence-electron chi connectivity index (χ1n) is 8.08. The number of nitrogens with zero attached hydrogens (tertiary/aromatic N) is 3. The lowest BCUT2D eigenvalue weighted by Gasteiger charge is -2.30. The first-order valence-corrected chi connectivity index (χ1v) is 8.08. The number of nitrogens with two attached hydrogens (primary N) is 1. The van der Waals surface area contributed by atoms with Crippen molar-refractivity contribution in [3.63, 3.8) is 0 Å². The molecule has 0 bridgehead atoms. The Morgan fingerprint density at radius 2 is 2.04 bits per heavy atom. The SMILES string of the molecule is CC(C)CC(C)(CN)NC(=O)c1ccn(-c2ccccc2[N+](=O)[O-])n1.Cl. The molecule has 8 nitrogen and oxygen atoms in total. The van der Waals surface area contributed by atoms with Crippen LogP contribution >= 0.6 is 12.4 Å². The molecule has 1 heterocycles. The fourth-order valence-corrected chi connectivity index (χ4v) is 2.82. The van der Waals surface area contributed by atoms with Crippen LogP contribution in [0, 0.1) is 16.0 Å². The highest BCUT2D eigenvalue weighted by atomic mass is 35.5. The monoisotopic (exact) mass is 381 g/mol. The summed E-state index contributed by atoms with van der Waals surface area (Å²) in [7, 11) is 0. The molecular weight excluding hydrogens is 358 g/mol. The Hall–Kier alpha value is -2.45.